The van der Waals surface area contributed by atoms with E-state index in [1.54, 1.807) is 23.9 Å². The minimum atomic E-state index is -0.339. The molecule has 0 aliphatic rings. The molecule has 0 fully saturated rings. The summed E-state index contributed by atoms with van der Waals surface area (Å²) in [7, 11) is 0. The van der Waals surface area contributed by atoms with Crippen LogP contribution in [0.15, 0.2) is 24.3 Å². The van der Waals surface area contributed by atoms with Gasteiger partial charge in [-0.3, -0.25) is 10.1 Å². The van der Waals surface area contributed by atoms with E-state index in [0.29, 0.717) is 0 Å². The van der Waals surface area contributed by atoms with Gasteiger partial charge in [0.1, 0.15) is 5.75 Å². The summed E-state index contributed by atoms with van der Waals surface area (Å²) in [6.45, 7) is 0. The molecule has 0 aliphatic carbocycles. The Labute approximate surface area is 163 Å². The minimum absolute atomic E-state index is 0. The van der Waals surface area contributed by atoms with Crippen LogP contribution in [0.1, 0.15) is 76.2 Å². The van der Waals surface area contributed by atoms with E-state index in [1.165, 1.54) is 81.9 Å². The lowest BCUT2D eigenvalue weighted by molar-refractivity contribution is -0.384. The summed E-state index contributed by atoms with van der Waals surface area (Å²) in [5, 5.41) is 10.6. The maximum absolute atomic E-state index is 10.6. The second-order valence-electron chi connectivity index (χ2n) is 6.60. The second-order valence-corrected chi connectivity index (χ2v) is 7.68. The van der Waals surface area contributed by atoms with Crippen LogP contribution in [-0.2, 0) is 18.2 Å². The molecule has 0 aliphatic heterocycles. The lowest BCUT2D eigenvalue weighted by atomic mass is 10.0. The molecule has 1 aromatic carbocycles. The minimum Gasteiger partial charge on any atom is -1.00 e. The number of benzene rings is 1. The second kappa shape index (κ2) is 16.7. The molecule has 0 atom stereocenters. The van der Waals surface area contributed by atoms with Crippen molar-refractivity contribution in [2.45, 2.75) is 77.0 Å². The van der Waals surface area contributed by atoms with Crippen LogP contribution in [-0.4, -0.2) is 16.9 Å². The van der Waals surface area contributed by atoms with Crippen LogP contribution in [0.2, 0.25) is 0 Å². The first-order chi connectivity index (χ1) is 11.7. The van der Waals surface area contributed by atoms with E-state index in [2.05, 4.69) is 6.26 Å². The normalized spacial score (nSPS) is 10.4. The van der Waals surface area contributed by atoms with Crippen molar-refractivity contribution >= 4 is 17.4 Å². The van der Waals surface area contributed by atoms with E-state index in [9.17, 15) is 10.1 Å². The van der Waals surface area contributed by atoms with E-state index in [1.807, 2.05) is 12.1 Å². The van der Waals surface area contributed by atoms with E-state index in [4.69, 9.17) is 0 Å². The van der Waals surface area contributed by atoms with Crippen LogP contribution in [0.25, 0.3) is 0 Å². The monoisotopic (exact) mass is 387 g/mol. The van der Waals surface area contributed by atoms with E-state index in [-0.39, 0.29) is 23.0 Å². The molecule has 0 bridgehead atoms. The highest BCUT2D eigenvalue weighted by molar-refractivity contribution is 7.77. The van der Waals surface area contributed by atoms with Gasteiger partial charge in [0.2, 0.25) is 0 Å². The van der Waals surface area contributed by atoms with Crippen molar-refractivity contribution in [3.8, 4) is 0 Å². The first-order valence-corrected chi connectivity index (χ1v) is 11.1. The Morgan fingerprint density at radius 3 is 1.68 bits per heavy atom. The van der Waals surface area contributed by atoms with Gasteiger partial charge in [0.15, 0.2) is 0 Å². The lowest BCUT2D eigenvalue weighted by Gasteiger charge is -2.03. The number of nitro groups is 1. The number of aryl methyl sites for hydroxylation is 1. The quantitative estimate of drug-likeness (QED) is 0.153. The van der Waals surface area contributed by atoms with Crippen LogP contribution in [0.5, 0.6) is 0 Å². The van der Waals surface area contributed by atoms with Crippen molar-refractivity contribution in [2.24, 2.45) is 0 Å². The summed E-state index contributed by atoms with van der Waals surface area (Å²) >= 11 is 1.54. The molecule has 0 N–H and O–H groups in total. The third-order valence-corrected chi connectivity index (χ3v) is 5.26. The summed E-state index contributed by atoms with van der Waals surface area (Å²) < 4.78 is 0. The Morgan fingerprint density at radius 1 is 0.800 bits per heavy atom. The summed E-state index contributed by atoms with van der Waals surface area (Å²) in [5.41, 5.74) is 1.40. The molecule has 3 nitrogen and oxygen atoms in total. The number of unbranched alkanes of at least 4 members (excludes halogenated alkanes) is 10. The molecule has 0 saturated heterocycles. The van der Waals surface area contributed by atoms with Crippen LogP contribution < -0.4 is 12.4 Å². The van der Waals surface area contributed by atoms with Gasteiger partial charge in [0.25, 0.3) is 5.69 Å². The highest BCUT2D eigenvalue weighted by Crippen LogP contribution is 2.15. The van der Waals surface area contributed by atoms with E-state index < -0.39 is 0 Å². The molecule has 0 unspecified atom stereocenters. The summed E-state index contributed by atoms with van der Waals surface area (Å²) in [4.78, 5) is 10.3. The number of nitro benzene ring substituents is 1. The van der Waals surface area contributed by atoms with Gasteiger partial charge in [-0.2, -0.15) is 0 Å². The van der Waals surface area contributed by atoms with Gasteiger partial charge in [-0.25, -0.2) is 0 Å². The fourth-order valence-electron chi connectivity index (χ4n) is 2.97. The smallest absolute Gasteiger partial charge is 0.269 e. The molecule has 0 amide bonds. The predicted molar refractivity (Wildman–Crippen MR) is 107 cm³/mol. The molecule has 1 aromatic rings. The highest BCUT2D eigenvalue weighted by Gasteiger charge is 2.03. The van der Waals surface area contributed by atoms with Gasteiger partial charge in [0.05, 0.1) is 11.2 Å². The molecule has 1 rings (SSSR count). The third kappa shape index (κ3) is 13.2. The Kier molecular flexibility index (Phi) is 16.2. The zero-order valence-electron chi connectivity index (χ0n) is 15.6. The van der Waals surface area contributed by atoms with Crippen molar-refractivity contribution in [1.29, 1.82) is 0 Å². The average Bonchev–Trinajstić information content (AvgIpc) is 2.59. The maximum Gasteiger partial charge on any atom is 0.269 e. The number of hydrogen-bond donors (Lipinski definition) is 0. The summed E-state index contributed by atoms with van der Waals surface area (Å²) in [6, 6.07) is 6.99. The van der Waals surface area contributed by atoms with Gasteiger partial charge in [-0.15, -0.1) is 0 Å². The van der Waals surface area contributed by atoms with Crippen molar-refractivity contribution < 1.29 is 17.3 Å². The average molecular weight is 388 g/mol. The first-order valence-electron chi connectivity index (χ1n) is 9.53. The van der Waals surface area contributed by atoms with Gasteiger partial charge in [-0.1, -0.05) is 63.5 Å². The number of non-ortho nitro benzene ring substituents is 1. The molecule has 25 heavy (non-hydrogen) atoms. The van der Waals surface area contributed by atoms with Gasteiger partial charge in [0, 0.05) is 12.1 Å². The maximum atomic E-state index is 10.6. The van der Waals surface area contributed by atoms with Gasteiger partial charge >= 0.3 is 0 Å². The number of halogens is 1. The summed E-state index contributed by atoms with van der Waals surface area (Å²) in [6.07, 6.45) is 18.3. The van der Waals surface area contributed by atoms with Crippen LogP contribution in [0.3, 0.4) is 0 Å². The number of hydrogen-bond acceptors (Lipinski definition) is 2. The Morgan fingerprint density at radius 2 is 1.24 bits per heavy atom. The molecule has 144 valence electrons. The van der Waals surface area contributed by atoms with E-state index >= 15 is 0 Å². The molecule has 0 radical (unpaired) electrons. The number of rotatable bonds is 15. The molecular formula is C20H34ClNO2S. The fourth-order valence-corrected chi connectivity index (χ4v) is 3.51. The lowest BCUT2D eigenvalue weighted by Crippen LogP contribution is -3.00. The highest BCUT2D eigenvalue weighted by atomic mass is 35.5. The van der Waals surface area contributed by atoms with Gasteiger partial charge < -0.3 is 12.4 Å². The topological polar surface area (TPSA) is 43.1 Å². The van der Waals surface area contributed by atoms with Crippen LogP contribution >= 0.6 is 0 Å². The largest absolute Gasteiger partial charge is 1.00 e. The first kappa shape index (κ1) is 24.3. The van der Waals surface area contributed by atoms with Crippen molar-refractivity contribution in [3.63, 3.8) is 0 Å². The predicted octanol–water partition coefficient (Wildman–Crippen LogP) is 2.88. The third-order valence-electron chi connectivity index (χ3n) is 4.49. The molecule has 0 saturated carbocycles. The van der Waals surface area contributed by atoms with Crippen LogP contribution in [0.4, 0.5) is 5.69 Å². The zero-order valence-corrected chi connectivity index (χ0v) is 17.2. The fraction of sp³-hybridized carbons (Fsp3) is 0.700. The van der Waals surface area contributed by atoms with E-state index in [0.717, 1.165) is 6.42 Å². The van der Waals surface area contributed by atoms with Crippen molar-refractivity contribution in [3.05, 3.63) is 39.9 Å². The van der Waals surface area contributed by atoms with Crippen molar-refractivity contribution in [1.82, 2.24) is 0 Å². The number of nitrogens with zero attached hydrogens (tertiary/aromatic N) is 1. The number of thiol groups is 1. The van der Waals surface area contributed by atoms with Crippen molar-refractivity contribution in [2.75, 3.05) is 12.0 Å². The standard InChI is InChI=1S/C20H33NO2S.ClH/c1-24-18-12-10-8-6-4-2-3-5-7-9-11-13-19-14-16-20(17-15-19)21(22)23;/h14-17H,2-13,18H2,1H3;1H. The molecule has 5 heteroatoms. The zero-order chi connectivity index (χ0) is 17.5. The Hall–Kier alpha value is -0.740. The Balaban J connectivity index is 0.00000576. The van der Waals surface area contributed by atoms with Crippen LogP contribution in [0, 0.1) is 10.1 Å². The molecule has 0 heterocycles. The molecular weight excluding hydrogens is 354 g/mol. The summed E-state index contributed by atoms with van der Waals surface area (Å²) in [5.74, 6) is 1.37. The van der Waals surface area contributed by atoms with Gasteiger partial charge in [-0.05, 0) is 43.0 Å². The molecule has 0 spiro atoms. The molecule has 0 aromatic heterocycles. The SMILES string of the molecule is C[SH+]CCCCCCCCCCCCCc1ccc([N+](=O)[O-])cc1.[Cl-]. The Bertz CT molecular complexity index is 440.